The zero-order chi connectivity index (χ0) is 18.4. The third-order valence-corrected chi connectivity index (χ3v) is 5.99. The molecule has 134 valence electrons. The molecule has 2 heterocycles. The van der Waals surface area contributed by atoms with Crippen molar-refractivity contribution in [3.63, 3.8) is 0 Å². The van der Waals surface area contributed by atoms with Gasteiger partial charge < -0.3 is 4.55 Å². The molecule has 3 aromatic rings. The maximum Gasteiger partial charge on any atom is 0.147 e. The lowest BCUT2D eigenvalue weighted by atomic mass is 10.0. The number of rotatable bonds is 4. The molecule has 0 aliphatic rings. The van der Waals surface area contributed by atoms with Gasteiger partial charge in [-0.15, -0.1) is 4.72 Å². The fourth-order valence-electron chi connectivity index (χ4n) is 2.98. The van der Waals surface area contributed by atoms with E-state index in [0.717, 1.165) is 39.9 Å². The van der Waals surface area contributed by atoms with E-state index in [9.17, 15) is 4.55 Å². The van der Waals surface area contributed by atoms with E-state index in [4.69, 9.17) is 4.98 Å². The number of hydrogen-bond acceptors (Lipinski definition) is 4. The van der Waals surface area contributed by atoms with E-state index < -0.39 is 11.4 Å². The number of aryl methyl sites for hydroxylation is 2. The van der Waals surface area contributed by atoms with Gasteiger partial charge in [0, 0.05) is 35.6 Å². The Hall–Kier alpha value is -1.63. The minimum Gasteiger partial charge on any atom is -0.598 e. The van der Waals surface area contributed by atoms with Gasteiger partial charge in [-0.25, -0.2) is 9.97 Å². The third kappa shape index (κ3) is 3.38. The monoisotopic (exact) mass is 358 g/mol. The van der Waals surface area contributed by atoms with Gasteiger partial charge in [0.2, 0.25) is 0 Å². The molecule has 0 aliphatic heterocycles. The topological polar surface area (TPSA) is 65.3 Å². The quantitative estimate of drug-likeness (QED) is 0.719. The van der Waals surface area contributed by atoms with Crippen molar-refractivity contribution in [2.24, 2.45) is 0 Å². The van der Waals surface area contributed by atoms with Crippen molar-refractivity contribution >= 4 is 27.9 Å². The molecule has 0 radical (unpaired) electrons. The van der Waals surface area contributed by atoms with Crippen molar-refractivity contribution in [2.75, 3.05) is 0 Å². The predicted octanol–water partition coefficient (Wildman–Crippen LogP) is 3.87. The molecular formula is C19H26N4OS. The molecule has 25 heavy (non-hydrogen) atoms. The summed E-state index contributed by atoms with van der Waals surface area (Å²) in [5.74, 6) is 0.981. The molecule has 3 rings (SSSR count). The van der Waals surface area contributed by atoms with Crippen LogP contribution in [-0.2, 0) is 17.8 Å². The number of nitrogens with one attached hydrogen (secondary N) is 1. The Labute approximate surface area is 152 Å². The second kappa shape index (κ2) is 6.59. The zero-order valence-corrected chi connectivity index (χ0v) is 16.6. The summed E-state index contributed by atoms with van der Waals surface area (Å²) in [4.78, 5) is 9.45. The van der Waals surface area contributed by atoms with E-state index in [0.29, 0.717) is 0 Å². The van der Waals surface area contributed by atoms with Crippen LogP contribution in [0.15, 0.2) is 24.5 Å². The number of benzene rings is 1. The molecule has 0 saturated heterocycles. The van der Waals surface area contributed by atoms with Crippen molar-refractivity contribution in [1.29, 1.82) is 0 Å². The fraction of sp³-hybridized carbons (Fsp3) is 0.474. The largest absolute Gasteiger partial charge is 0.598 e. The van der Waals surface area contributed by atoms with Gasteiger partial charge in [0.25, 0.3) is 0 Å². The first-order valence-electron chi connectivity index (χ1n) is 8.66. The summed E-state index contributed by atoms with van der Waals surface area (Å²) in [5.41, 5.74) is 4.07. The molecule has 0 bridgehead atoms. The number of fused-ring (bicyclic) bond motifs is 3. The van der Waals surface area contributed by atoms with Crippen molar-refractivity contribution in [3.8, 4) is 0 Å². The lowest BCUT2D eigenvalue weighted by Gasteiger charge is -2.27. The Balaban J connectivity index is 2.17. The first-order chi connectivity index (χ1) is 11.7. The number of hydrogen-bond donors (Lipinski definition) is 1. The van der Waals surface area contributed by atoms with Gasteiger partial charge in [-0.1, -0.05) is 13.0 Å². The van der Waals surface area contributed by atoms with E-state index in [1.54, 1.807) is 0 Å². The molecule has 0 saturated carbocycles. The normalized spacial score (nSPS) is 15.0. The predicted molar refractivity (Wildman–Crippen MR) is 104 cm³/mol. The highest BCUT2D eigenvalue weighted by Crippen LogP contribution is 2.29. The van der Waals surface area contributed by atoms with Crippen LogP contribution in [0.1, 0.15) is 57.6 Å². The van der Waals surface area contributed by atoms with Crippen LogP contribution in [0.5, 0.6) is 0 Å². The Morgan fingerprint density at radius 2 is 2.04 bits per heavy atom. The van der Waals surface area contributed by atoms with Gasteiger partial charge in [-0.3, -0.25) is 4.40 Å². The van der Waals surface area contributed by atoms with E-state index in [-0.39, 0.29) is 10.8 Å². The van der Waals surface area contributed by atoms with Crippen LogP contribution in [0, 0.1) is 6.92 Å². The second-order valence-corrected chi connectivity index (χ2v) is 9.47. The zero-order valence-electron chi connectivity index (χ0n) is 15.8. The van der Waals surface area contributed by atoms with Crippen molar-refractivity contribution < 1.29 is 4.55 Å². The van der Waals surface area contributed by atoms with Gasteiger partial charge in [0.1, 0.15) is 16.2 Å². The van der Waals surface area contributed by atoms with Crippen molar-refractivity contribution in [2.45, 2.75) is 58.8 Å². The summed E-state index contributed by atoms with van der Waals surface area (Å²) in [6.45, 7) is 12.1. The molecule has 1 aromatic carbocycles. The van der Waals surface area contributed by atoms with Gasteiger partial charge in [0.05, 0.1) is 11.6 Å². The SMILES string of the molecule is CCc1nc2c([C@@H](C)N[S+]([O-])C(C)(C)C)cc(C)cc2c2nccn12. The lowest BCUT2D eigenvalue weighted by molar-refractivity contribution is 0.531. The number of imidazole rings is 1. The summed E-state index contributed by atoms with van der Waals surface area (Å²) in [5, 5.41) is 1.03. The van der Waals surface area contributed by atoms with Gasteiger partial charge in [0.15, 0.2) is 0 Å². The van der Waals surface area contributed by atoms with E-state index in [1.807, 2.05) is 40.1 Å². The average molecular weight is 359 g/mol. The van der Waals surface area contributed by atoms with E-state index >= 15 is 0 Å². The van der Waals surface area contributed by atoms with Crippen LogP contribution < -0.4 is 4.72 Å². The third-order valence-electron chi connectivity index (χ3n) is 4.31. The first-order valence-corrected chi connectivity index (χ1v) is 9.81. The molecular weight excluding hydrogens is 332 g/mol. The van der Waals surface area contributed by atoms with Crippen LogP contribution >= 0.6 is 0 Å². The molecule has 1 N–H and O–H groups in total. The van der Waals surface area contributed by atoms with Gasteiger partial charge in [-0.05, 0) is 51.8 Å². The fourth-order valence-corrected chi connectivity index (χ4v) is 3.78. The standard InChI is InChI=1S/C19H26N4OS/c1-7-16-21-17-14(13(3)22-25(24)19(4,5)6)10-12(2)11-15(17)18-20-8-9-23(16)18/h8-11,13,22H,7H2,1-6H3/t13-,25?/m1/s1. The first kappa shape index (κ1) is 18.2. The van der Waals surface area contributed by atoms with E-state index in [2.05, 4.69) is 40.1 Å². The molecule has 0 fully saturated rings. The Bertz CT molecular complexity index is 913. The molecule has 5 nitrogen and oxygen atoms in total. The molecule has 2 atom stereocenters. The Morgan fingerprint density at radius 3 is 2.68 bits per heavy atom. The molecule has 0 aliphatic carbocycles. The summed E-state index contributed by atoms with van der Waals surface area (Å²) < 4.78 is 17.5. The van der Waals surface area contributed by atoms with Crippen LogP contribution in [0.3, 0.4) is 0 Å². The maximum atomic E-state index is 12.5. The van der Waals surface area contributed by atoms with Crippen LogP contribution in [0.2, 0.25) is 0 Å². The lowest BCUT2D eigenvalue weighted by Crippen LogP contribution is -2.40. The maximum absolute atomic E-state index is 12.5. The Kier molecular flexibility index (Phi) is 4.79. The molecule has 2 aromatic heterocycles. The molecule has 6 heteroatoms. The van der Waals surface area contributed by atoms with Gasteiger partial charge in [-0.2, -0.15) is 0 Å². The van der Waals surface area contributed by atoms with E-state index in [1.165, 1.54) is 0 Å². The highest BCUT2D eigenvalue weighted by molar-refractivity contribution is 7.90. The summed E-state index contributed by atoms with van der Waals surface area (Å²) in [7, 11) is 0. The summed E-state index contributed by atoms with van der Waals surface area (Å²) in [6, 6.07) is 4.18. The molecule has 0 spiro atoms. The average Bonchev–Trinajstić information content (AvgIpc) is 3.02. The Morgan fingerprint density at radius 1 is 1.32 bits per heavy atom. The van der Waals surface area contributed by atoms with Crippen LogP contribution in [-0.4, -0.2) is 23.7 Å². The summed E-state index contributed by atoms with van der Waals surface area (Å²) in [6.07, 6.45) is 4.60. The second-order valence-electron chi connectivity index (χ2n) is 7.47. The molecule has 1 unspecified atom stereocenters. The highest BCUT2D eigenvalue weighted by atomic mass is 32.2. The minimum atomic E-state index is -1.14. The van der Waals surface area contributed by atoms with Crippen LogP contribution in [0.4, 0.5) is 0 Å². The van der Waals surface area contributed by atoms with Crippen molar-refractivity contribution in [3.05, 3.63) is 41.5 Å². The summed E-state index contributed by atoms with van der Waals surface area (Å²) >= 11 is -1.14. The number of nitrogens with zero attached hydrogens (tertiary/aromatic N) is 3. The smallest absolute Gasteiger partial charge is 0.147 e. The molecule has 0 amide bonds. The minimum absolute atomic E-state index is 0.0722. The number of aromatic nitrogens is 3. The van der Waals surface area contributed by atoms with Gasteiger partial charge >= 0.3 is 0 Å². The van der Waals surface area contributed by atoms with Crippen molar-refractivity contribution in [1.82, 2.24) is 19.1 Å². The van der Waals surface area contributed by atoms with Crippen LogP contribution in [0.25, 0.3) is 16.6 Å². The highest BCUT2D eigenvalue weighted by Gasteiger charge is 2.29.